The fraction of sp³-hybridized carbons (Fsp3) is 0.882. The van der Waals surface area contributed by atoms with Gasteiger partial charge in [0, 0.05) is 13.6 Å². The number of rotatable bonds is 6. The Morgan fingerprint density at radius 1 is 1.14 bits per heavy atom. The van der Waals surface area contributed by atoms with Crippen molar-refractivity contribution in [1.82, 2.24) is 15.5 Å². The molecule has 122 valence electrons. The van der Waals surface area contributed by atoms with Gasteiger partial charge in [0.25, 0.3) is 0 Å². The lowest BCUT2D eigenvalue weighted by atomic mass is 9.49. The summed E-state index contributed by atoms with van der Waals surface area (Å²) in [7, 11) is 3.97. The molecular weight excluding hydrogens is 276 g/mol. The van der Waals surface area contributed by atoms with E-state index in [-0.39, 0.29) is 0 Å². The minimum absolute atomic E-state index is 0.622. The van der Waals surface area contributed by atoms with Crippen molar-refractivity contribution >= 4 is 6.01 Å². The number of aromatic nitrogens is 2. The molecule has 0 saturated heterocycles. The SMILES string of the molecule is CNCc1nnc(N(C)CCC23CC4CC(CC(C4)C2)C3)o1. The summed E-state index contributed by atoms with van der Waals surface area (Å²) in [4.78, 5) is 2.14. The van der Waals surface area contributed by atoms with Crippen LogP contribution in [-0.4, -0.2) is 30.8 Å². The lowest BCUT2D eigenvalue weighted by Gasteiger charge is -2.57. The largest absolute Gasteiger partial charge is 0.407 e. The number of hydrogen-bond donors (Lipinski definition) is 1. The number of hydrogen-bond acceptors (Lipinski definition) is 5. The molecule has 1 aromatic heterocycles. The molecule has 0 aliphatic heterocycles. The topological polar surface area (TPSA) is 54.2 Å². The molecule has 4 saturated carbocycles. The molecular formula is C17H28N4O. The van der Waals surface area contributed by atoms with Crippen LogP contribution in [0.15, 0.2) is 4.42 Å². The van der Waals surface area contributed by atoms with Crippen LogP contribution in [0.25, 0.3) is 0 Å². The van der Waals surface area contributed by atoms with E-state index in [9.17, 15) is 0 Å². The first-order valence-corrected chi connectivity index (χ1v) is 8.84. The van der Waals surface area contributed by atoms with Crippen molar-refractivity contribution in [1.29, 1.82) is 0 Å². The van der Waals surface area contributed by atoms with E-state index in [1.54, 1.807) is 0 Å². The summed E-state index contributed by atoms with van der Waals surface area (Å²) in [6.07, 6.45) is 10.3. The zero-order chi connectivity index (χ0) is 15.2. The highest BCUT2D eigenvalue weighted by Crippen LogP contribution is 2.61. The zero-order valence-electron chi connectivity index (χ0n) is 13.8. The van der Waals surface area contributed by atoms with Gasteiger partial charge in [0.15, 0.2) is 0 Å². The summed E-state index contributed by atoms with van der Waals surface area (Å²) < 4.78 is 5.70. The van der Waals surface area contributed by atoms with Crippen molar-refractivity contribution in [2.75, 3.05) is 25.5 Å². The van der Waals surface area contributed by atoms with E-state index >= 15 is 0 Å². The lowest BCUT2D eigenvalue weighted by molar-refractivity contribution is -0.0559. The molecule has 0 amide bonds. The summed E-state index contributed by atoms with van der Waals surface area (Å²) >= 11 is 0. The van der Waals surface area contributed by atoms with E-state index in [0.29, 0.717) is 23.9 Å². The van der Waals surface area contributed by atoms with E-state index in [1.807, 2.05) is 7.05 Å². The fourth-order valence-electron chi connectivity index (χ4n) is 5.72. The van der Waals surface area contributed by atoms with Gasteiger partial charge >= 0.3 is 6.01 Å². The van der Waals surface area contributed by atoms with Gasteiger partial charge in [-0.15, -0.1) is 5.10 Å². The van der Waals surface area contributed by atoms with Gasteiger partial charge in [-0.05, 0) is 75.2 Å². The Kier molecular flexibility index (Phi) is 3.63. The third-order valence-electron chi connectivity index (χ3n) is 6.25. The number of nitrogens with zero attached hydrogens (tertiary/aromatic N) is 3. The molecule has 4 fully saturated rings. The second-order valence-corrected chi connectivity index (χ2v) is 8.10. The maximum atomic E-state index is 5.70. The molecule has 4 bridgehead atoms. The van der Waals surface area contributed by atoms with Gasteiger partial charge < -0.3 is 14.6 Å². The van der Waals surface area contributed by atoms with Gasteiger partial charge in [0.1, 0.15) is 0 Å². The molecule has 0 radical (unpaired) electrons. The zero-order valence-corrected chi connectivity index (χ0v) is 13.8. The predicted molar refractivity (Wildman–Crippen MR) is 85.6 cm³/mol. The Morgan fingerprint density at radius 2 is 1.77 bits per heavy atom. The van der Waals surface area contributed by atoms with Crippen molar-refractivity contribution in [3.63, 3.8) is 0 Å². The highest BCUT2D eigenvalue weighted by molar-refractivity contribution is 5.22. The molecule has 0 unspecified atom stereocenters. The maximum Gasteiger partial charge on any atom is 0.317 e. The fourth-order valence-corrected chi connectivity index (χ4v) is 5.72. The van der Waals surface area contributed by atoms with Gasteiger partial charge in [-0.3, -0.25) is 0 Å². The second kappa shape index (κ2) is 5.52. The molecule has 22 heavy (non-hydrogen) atoms. The molecule has 4 aliphatic carbocycles. The average Bonchev–Trinajstić information content (AvgIpc) is 2.93. The second-order valence-electron chi connectivity index (χ2n) is 8.10. The molecule has 0 atom stereocenters. The molecule has 5 rings (SSSR count). The van der Waals surface area contributed by atoms with Gasteiger partial charge in [-0.25, -0.2) is 0 Å². The van der Waals surface area contributed by atoms with Crippen LogP contribution in [0.3, 0.4) is 0 Å². The molecule has 1 aromatic rings. The third kappa shape index (κ3) is 2.64. The number of nitrogens with one attached hydrogen (secondary N) is 1. The smallest absolute Gasteiger partial charge is 0.317 e. The highest BCUT2D eigenvalue weighted by Gasteiger charge is 2.50. The van der Waals surface area contributed by atoms with Crippen LogP contribution in [0.5, 0.6) is 0 Å². The van der Waals surface area contributed by atoms with E-state index in [1.165, 1.54) is 44.9 Å². The van der Waals surface area contributed by atoms with Crippen LogP contribution >= 0.6 is 0 Å². The molecule has 4 aliphatic rings. The highest BCUT2D eigenvalue weighted by atomic mass is 16.4. The van der Waals surface area contributed by atoms with E-state index in [2.05, 4.69) is 27.5 Å². The van der Waals surface area contributed by atoms with Crippen molar-refractivity contribution in [3.05, 3.63) is 5.89 Å². The standard InChI is InChI=1S/C17H28N4O/c1-18-11-15-19-20-16(22-15)21(2)4-3-17-8-12-5-13(9-17)7-14(6-12)10-17/h12-14,18H,3-11H2,1-2H3. The summed E-state index contributed by atoms with van der Waals surface area (Å²) in [5.41, 5.74) is 0.622. The van der Waals surface area contributed by atoms with Gasteiger partial charge in [-0.1, -0.05) is 5.10 Å². The third-order valence-corrected chi connectivity index (χ3v) is 6.25. The van der Waals surface area contributed by atoms with E-state index in [4.69, 9.17) is 4.42 Å². The monoisotopic (exact) mass is 304 g/mol. The van der Waals surface area contributed by atoms with Crippen LogP contribution in [-0.2, 0) is 6.54 Å². The van der Waals surface area contributed by atoms with Crippen LogP contribution < -0.4 is 10.2 Å². The van der Waals surface area contributed by atoms with Crippen molar-refractivity contribution in [3.8, 4) is 0 Å². The first-order valence-electron chi connectivity index (χ1n) is 8.84. The van der Waals surface area contributed by atoms with Crippen molar-refractivity contribution in [2.24, 2.45) is 23.2 Å². The molecule has 1 heterocycles. The van der Waals surface area contributed by atoms with E-state index < -0.39 is 0 Å². The lowest BCUT2D eigenvalue weighted by Crippen LogP contribution is -2.47. The van der Waals surface area contributed by atoms with Crippen molar-refractivity contribution < 1.29 is 4.42 Å². The molecule has 0 spiro atoms. The molecule has 5 heteroatoms. The number of anilines is 1. The average molecular weight is 304 g/mol. The summed E-state index contributed by atoms with van der Waals surface area (Å²) in [5, 5.41) is 11.3. The quantitative estimate of drug-likeness (QED) is 0.876. The van der Waals surface area contributed by atoms with Gasteiger partial charge in [0.2, 0.25) is 5.89 Å². The van der Waals surface area contributed by atoms with Crippen molar-refractivity contribution in [2.45, 2.75) is 51.5 Å². The summed E-state index contributed by atoms with van der Waals surface area (Å²) in [6.45, 7) is 1.67. The Balaban J connectivity index is 1.37. The summed E-state index contributed by atoms with van der Waals surface area (Å²) in [6, 6.07) is 0.662. The van der Waals surface area contributed by atoms with Gasteiger partial charge in [0.05, 0.1) is 6.54 Å². The first kappa shape index (κ1) is 14.5. The maximum absolute atomic E-state index is 5.70. The normalized spacial score (nSPS) is 36.0. The Hall–Kier alpha value is -1.10. The predicted octanol–water partition coefficient (Wildman–Crippen LogP) is 2.83. The minimum atomic E-state index is 0.622. The van der Waals surface area contributed by atoms with Gasteiger partial charge in [-0.2, -0.15) is 0 Å². The minimum Gasteiger partial charge on any atom is -0.407 e. The van der Waals surface area contributed by atoms with Crippen LogP contribution in [0.1, 0.15) is 50.8 Å². The summed E-state index contributed by atoms with van der Waals surface area (Å²) in [5.74, 6) is 3.76. The Morgan fingerprint density at radius 3 is 2.36 bits per heavy atom. The van der Waals surface area contributed by atoms with Crippen LogP contribution in [0, 0.1) is 23.2 Å². The Bertz CT molecular complexity index is 491. The first-order chi connectivity index (χ1) is 10.7. The van der Waals surface area contributed by atoms with E-state index in [0.717, 1.165) is 24.3 Å². The Labute approximate surface area is 132 Å². The molecule has 5 nitrogen and oxygen atoms in total. The van der Waals surface area contributed by atoms with Crippen LogP contribution in [0.4, 0.5) is 6.01 Å². The van der Waals surface area contributed by atoms with Crippen LogP contribution in [0.2, 0.25) is 0 Å². The molecule has 1 N–H and O–H groups in total. The molecule has 0 aromatic carbocycles.